The highest BCUT2D eigenvalue weighted by atomic mass is 16.6. The highest BCUT2D eigenvalue weighted by Gasteiger charge is 2.15. The van der Waals surface area contributed by atoms with Crippen molar-refractivity contribution in [2.24, 2.45) is 5.10 Å². The van der Waals surface area contributed by atoms with E-state index in [0.29, 0.717) is 29.0 Å². The summed E-state index contributed by atoms with van der Waals surface area (Å²) in [7, 11) is 3.87. The molecule has 2 N–H and O–H groups in total. The molecule has 0 radical (unpaired) electrons. The first-order chi connectivity index (χ1) is 20.8. The standard InChI is InChI=1S/C34H32N4O5/c1-4-42-31-22-25(17-20-30(31)43-34(41)27-13-9-6-10-14-27)23-35-37-33(40)29(36-32(39)26-11-7-5-8-12-26)21-24-15-18-28(19-16-24)38(2)3/h5-23H,4H2,1-3H3,(H,36,39)(H,37,40). The van der Waals surface area contributed by atoms with E-state index in [1.54, 1.807) is 78.9 Å². The number of nitrogens with one attached hydrogen (secondary N) is 2. The molecule has 0 aliphatic carbocycles. The fourth-order valence-corrected chi connectivity index (χ4v) is 3.89. The summed E-state index contributed by atoms with van der Waals surface area (Å²) >= 11 is 0. The Morgan fingerprint density at radius 3 is 2.05 bits per heavy atom. The van der Waals surface area contributed by atoms with Gasteiger partial charge in [0, 0.05) is 25.3 Å². The van der Waals surface area contributed by atoms with Gasteiger partial charge in [-0.2, -0.15) is 5.10 Å². The van der Waals surface area contributed by atoms with Crippen molar-refractivity contribution < 1.29 is 23.9 Å². The first-order valence-electron chi connectivity index (χ1n) is 13.6. The molecular weight excluding hydrogens is 544 g/mol. The van der Waals surface area contributed by atoms with E-state index in [-0.39, 0.29) is 11.4 Å². The molecule has 0 saturated heterocycles. The number of anilines is 1. The monoisotopic (exact) mass is 576 g/mol. The van der Waals surface area contributed by atoms with Crippen molar-refractivity contribution in [2.45, 2.75) is 6.92 Å². The zero-order valence-corrected chi connectivity index (χ0v) is 24.1. The number of nitrogens with zero attached hydrogens (tertiary/aromatic N) is 2. The van der Waals surface area contributed by atoms with Gasteiger partial charge in [-0.3, -0.25) is 9.59 Å². The number of esters is 1. The van der Waals surface area contributed by atoms with E-state index in [4.69, 9.17) is 9.47 Å². The quantitative estimate of drug-likeness (QED) is 0.0826. The second-order valence-electron chi connectivity index (χ2n) is 9.46. The predicted octanol–water partition coefficient (Wildman–Crippen LogP) is 5.29. The van der Waals surface area contributed by atoms with Crippen molar-refractivity contribution in [3.63, 3.8) is 0 Å². The highest BCUT2D eigenvalue weighted by molar-refractivity contribution is 6.05. The zero-order chi connectivity index (χ0) is 30.6. The van der Waals surface area contributed by atoms with Crippen LogP contribution in [0.2, 0.25) is 0 Å². The predicted molar refractivity (Wildman–Crippen MR) is 167 cm³/mol. The van der Waals surface area contributed by atoms with Gasteiger partial charge in [0.05, 0.1) is 18.4 Å². The van der Waals surface area contributed by atoms with Gasteiger partial charge < -0.3 is 19.7 Å². The Morgan fingerprint density at radius 2 is 1.42 bits per heavy atom. The molecule has 0 heterocycles. The lowest BCUT2D eigenvalue weighted by Crippen LogP contribution is -2.32. The van der Waals surface area contributed by atoms with E-state index < -0.39 is 17.8 Å². The third-order valence-corrected chi connectivity index (χ3v) is 6.11. The maximum Gasteiger partial charge on any atom is 0.343 e. The molecule has 4 aromatic carbocycles. The van der Waals surface area contributed by atoms with Crippen LogP contribution in [0.5, 0.6) is 11.5 Å². The van der Waals surface area contributed by atoms with Gasteiger partial charge in [-0.1, -0.05) is 48.5 Å². The van der Waals surface area contributed by atoms with Crippen LogP contribution in [0.4, 0.5) is 5.69 Å². The molecule has 0 atom stereocenters. The molecule has 218 valence electrons. The molecule has 9 heteroatoms. The Hall–Kier alpha value is -5.70. The van der Waals surface area contributed by atoms with Crippen LogP contribution in [0.3, 0.4) is 0 Å². The van der Waals surface area contributed by atoms with Crippen LogP contribution in [0, 0.1) is 0 Å². The maximum atomic E-state index is 13.2. The van der Waals surface area contributed by atoms with Crippen LogP contribution < -0.4 is 25.1 Å². The molecule has 4 rings (SSSR count). The second kappa shape index (κ2) is 14.8. The number of benzene rings is 4. The number of hydrogen-bond donors (Lipinski definition) is 2. The number of rotatable bonds is 11. The first-order valence-corrected chi connectivity index (χ1v) is 13.6. The van der Waals surface area contributed by atoms with Crippen molar-refractivity contribution >= 4 is 35.8 Å². The number of ether oxygens (including phenoxy) is 2. The smallest absolute Gasteiger partial charge is 0.343 e. The third-order valence-electron chi connectivity index (χ3n) is 6.11. The van der Waals surface area contributed by atoms with Crippen LogP contribution in [0.1, 0.15) is 38.8 Å². The molecule has 0 bridgehead atoms. The summed E-state index contributed by atoms with van der Waals surface area (Å²) < 4.78 is 11.2. The van der Waals surface area contributed by atoms with E-state index in [0.717, 1.165) is 11.3 Å². The Morgan fingerprint density at radius 1 is 0.791 bits per heavy atom. The van der Waals surface area contributed by atoms with E-state index in [9.17, 15) is 14.4 Å². The molecule has 0 aliphatic heterocycles. The lowest BCUT2D eigenvalue weighted by molar-refractivity contribution is -0.117. The molecule has 9 nitrogen and oxygen atoms in total. The third kappa shape index (κ3) is 8.64. The Balaban J connectivity index is 1.50. The van der Waals surface area contributed by atoms with Crippen LogP contribution in [0.25, 0.3) is 6.08 Å². The molecule has 43 heavy (non-hydrogen) atoms. The topological polar surface area (TPSA) is 109 Å². The highest BCUT2D eigenvalue weighted by Crippen LogP contribution is 2.29. The summed E-state index contributed by atoms with van der Waals surface area (Å²) in [6.07, 6.45) is 3.00. The van der Waals surface area contributed by atoms with E-state index in [1.807, 2.05) is 56.3 Å². The summed E-state index contributed by atoms with van der Waals surface area (Å²) in [6, 6.07) is 29.7. The summed E-state index contributed by atoms with van der Waals surface area (Å²) in [5.74, 6) is -0.957. The zero-order valence-electron chi connectivity index (χ0n) is 24.1. The van der Waals surface area contributed by atoms with Crippen LogP contribution in [-0.4, -0.2) is 44.7 Å². The molecule has 0 fully saturated rings. The number of carbonyl (C=O) groups excluding carboxylic acids is 3. The minimum absolute atomic E-state index is 0.0155. The average Bonchev–Trinajstić information content (AvgIpc) is 3.03. The number of carbonyl (C=O) groups is 3. The summed E-state index contributed by atoms with van der Waals surface area (Å²) in [4.78, 5) is 40.5. The van der Waals surface area contributed by atoms with Gasteiger partial charge in [0.15, 0.2) is 11.5 Å². The minimum atomic E-state index is -0.615. The molecule has 2 amide bonds. The van der Waals surface area contributed by atoms with Gasteiger partial charge >= 0.3 is 5.97 Å². The summed E-state index contributed by atoms with van der Waals surface area (Å²) in [6.45, 7) is 2.16. The van der Waals surface area contributed by atoms with E-state index >= 15 is 0 Å². The Labute approximate surface area is 250 Å². The molecular formula is C34H32N4O5. The lowest BCUT2D eigenvalue weighted by atomic mass is 10.1. The number of hydrogen-bond acceptors (Lipinski definition) is 7. The second-order valence-corrected chi connectivity index (χ2v) is 9.46. The first kappa shape index (κ1) is 30.3. The van der Waals surface area contributed by atoms with Crippen LogP contribution in [0.15, 0.2) is 114 Å². The van der Waals surface area contributed by atoms with Gasteiger partial charge in [-0.15, -0.1) is 0 Å². The van der Waals surface area contributed by atoms with Gasteiger partial charge in [0.1, 0.15) is 5.70 Å². The molecule has 0 unspecified atom stereocenters. The van der Waals surface area contributed by atoms with Gasteiger partial charge in [-0.05, 0) is 78.7 Å². The SMILES string of the molecule is CCOc1cc(C=NNC(=O)C(=Cc2ccc(N(C)C)cc2)NC(=O)c2ccccc2)ccc1OC(=O)c1ccccc1. The fourth-order valence-electron chi connectivity index (χ4n) is 3.89. The van der Waals surface area contributed by atoms with Crippen molar-refractivity contribution in [3.05, 3.63) is 131 Å². The van der Waals surface area contributed by atoms with Gasteiger partial charge in [-0.25, -0.2) is 10.2 Å². The fraction of sp³-hybridized carbons (Fsp3) is 0.118. The largest absolute Gasteiger partial charge is 0.490 e. The maximum absolute atomic E-state index is 13.2. The number of amides is 2. The molecule has 0 saturated carbocycles. The van der Waals surface area contributed by atoms with E-state index in [2.05, 4.69) is 15.8 Å². The van der Waals surface area contributed by atoms with Crippen molar-refractivity contribution in [3.8, 4) is 11.5 Å². The van der Waals surface area contributed by atoms with Gasteiger partial charge in [0.25, 0.3) is 11.8 Å². The molecule has 0 aromatic heterocycles. The Bertz CT molecular complexity index is 1620. The van der Waals surface area contributed by atoms with Crippen LogP contribution in [-0.2, 0) is 4.79 Å². The van der Waals surface area contributed by atoms with Crippen LogP contribution >= 0.6 is 0 Å². The summed E-state index contributed by atoms with van der Waals surface area (Å²) in [5, 5.41) is 6.76. The summed E-state index contributed by atoms with van der Waals surface area (Å²) in [5.41, 5.74) is 5.60. The van der Waals surface area contributed by atoms with Crippen molar-refractivity contribution in [2.75, 3.05) is 25.6 Å². The molecule has 0 spiro atoms. The normalized spacial score (nSPS) is 11.1. The molecule has 0 aliphatic rings. The van der Waals surface area contributed by atoms with Crippen molar-refractivity contribution in [1.29, 1.82) is 0 Å². The molecule has 4 aromatic rings. The van der Waals surface area contributed by atoms with Gasteiger partial charge in [0.2, 0.25) is 0 Å². The number of hydrazone groups is 1. The minimum Gasteiger partial charge on any atom is -0.490 e. The Kier molecular flexibility index (Phi) is 10.4. The average molecular weight is 577 g/mol. The van der Waals surface area contributed by atoms with E-state index in [1.165, 1.54) is 6.21 Å². The van der Waals surface area contributed by atoms with Crippen molar-refractivity contribution in [1.82, 2.24) is 10.7 Å². The lowest BCUT2D eigenvalue weighted by Gasteiger charge is -2.13.